The van der Waals surface area contributed by atoms with Crippen LogP contribution in [0.5, 0.6) is 0 Å². The lowest BCUT2D eigenvalue weighted by Crippen LogP contribution is -2.28. The van der Waals surface area contributed by atoms with Crippen LogP contribution in [0.3, 0.4) is 0 Å². The van der Waals surface area contributed by atoms with Crippen LogP contribution in [0.2, 0.25) is 0 Å². The van der Waals surface area contributed by atoms with E-state index >= 15 is 0 Å². The Kier molecular flexibility index (Phi) is 5.88. The summed E-state index contributed by atoms with van der Waals surface area (Å²) in [5.41, 5.74) is 2.16. The Labute approximate surface area is 111 Å². The lowest BCUT2D eigenvalue weighted by atomic mass is 10.3. The van der Waals surface area contributed by atoms with E-state index in [1.807, 2.05) is 17.7 Å². The highest BCUT2D eigenvalue weighted by molar-refractivity contribution is 9.10. The van der Waals surface area contributed by atoms with Crippen molar-refractivity contribution in [2.24, 2.45) is 0 Å². The molecule has 0 spiro atoms. The van der Waals surface area contributed by atoms with E-state index in [1.54, 1.807) is 0 Å². The summed E-state index contributed by atoms with van der Waals surface area (Å²) < 4.78 is 3.05. The molecule has 0 saturated heterocycles. The number of halogens is 1. The van der Waals surface area contributed by atoms with Crippen LogP contribution in [-0.2, 0) is 13.1 Å². The van der Waals surface area contributed by atoms with Gasteiger partial charge in [-0.05, 0) is 29.8 Å². The summed E-state index contributed by atoms with van der Waals surface area (Å²) >= 11 is 3.57. The number of aliphatic hydroxyl groups excluding tert-OH is 1. The molecule has 1 heterocycles. The number of rotatable bonds is 7. The van der Waals surface area contributed by atoms with E-state index in [1.165, 1.54) is 0 Å². The Morgan fingerprint density at radius 1 is 1.59 bits per heavy atom. The van der Waals surface area contributed by atoms with Crippen LogP contribution in [0.4, 0.5) is 0 Å². The number of nitrogens with zero attached hydrogens (tertiary/aromatic N) is 3. The molecule has 5 heteroatoms. The number of hydrogen-bond donors (Lipinski definition) is 1. The van der Waals surface area contributed by atoms with Crippen molar-refractivity contribution in [3.05, 3.63) is 28.5 Å². The average molecular weight is 302 g/mol. The first-order chi connectivity index (χ1) is 8.13. The minimum absolute atomic E-state index is 0.157. The van der Waals surface area contributed by atoms with E-state index in [-0.39, 0.29) is 6.61 Å². The smallest absolute Gasteiger partial charge is 0.0739 e. The van der Waals surface area contributed by atoms with Gasteiger partial charge in [0, 0.05) is 26.2 Å². The zero-order valence-corrected chi connectivity index (χ0v) is 12.1. The summed E-state index contributed by atoms with van der Waals surface area (Å²) in [5.74, 6) is 0. The largest absolute Gasteiger partial charge is 0.395 e. The lowest BCUT2D eigenvalue weighted by Gasteiger charge is -2.20. The molecule has 0 aliphatic rings. The van der Waals surface area contributed by atoms with E-state index in [9.17, 15) is 0 Å². The van der Waals surface area contributed by atoms with Crippen LogP contribution in [0, 0.1) is 6.92 Å². The van der Waals surface area contributed by atoms with Crippen LogP contribution in [-0.4, -0.2) is 39.5 Å². The fourth-order valence-electron chi connectivity index (χ4n) is 1.79. The molecule has 0 bridgehead atoms. The van der Waals surface area contributed by atoms with Gasteiger partial charge in [0.1, 0.15) is 0 Å². The van der Waals surface area contributed by atoms with Crippen molar-refractivity contribution in [2.75, 3.05) is 19.7 Å². The molecule has 1 aromatic rings. The van der Waals surface area contributed by atoms with Crippen molar-refractivity contribution in [1.82, 2.24) is 14.7 Å². The first-order valence-corrected chi connectivity index (χ1v) is 6.59. The molecule has 0 aliphatic carbocycles. The highest BCUT2D eigenvalue weighted by atomic mass is 79.9. The van der Waals surface area contributed by atoms with Gasteiger partial charge in [-0.1, -0.05) is 6.08 Å². The minimum atomic E-state index is 0.157. The number of aryl methyl sites for hydroxylation is 2. The molecule has 0 saturated carbocycles. The summed E-state index contributed by atoms with van der Waals surface area (Å²) in [5, 5.41) is 13.5. The summed E-state index contributed by atoms with van der Waals surface area (Å²) in [4.78, 5) is 2.14. The second kappa shape index (κ2) is 6.93. The van der Waals surface area contributed by atoms with E-state index in [0.29, 0.717) is 6.54 Å². The normalized spacial score (nSPS) is 11.1. The Morgan fingerprint density at radius 2 is 2.29 bits per heavy atom. The van der Waals surface area contributed by atoms with Gasteiger partial charge in [-0.15, -0.1) is 6.58 Å². The van der Waals surface area contributed by atoms with Gasteiger partial charge in [-0.2, -0.15) is 5.10 Å². The van der Waals surface area contributed by atoms with E-state index in [0.717, 1.165) is 35.5 Å². The van der Waals surface area contributed by atoms with Gasteiger partial charge < -0.3 is 5.11 Å². The van der Waals surface area contributed by atoms with Gasteiger partial charge in [0.2, 0.25) is 0 Å². The third-order valence-electron chi connectivity index (χ3n) is 2.63. The molecular weight excluding hydrogens is 282 g/mol. The average Bonchev–Trinajstić information content (AvgIpc) is 2.57. The first-order valence-electron chi connectivity index (χ1n) is 5.79. The predicted molar refractivity (Wildman–Crippen MR) is 72.9 cm³/mol. The third kappa shape index (κ3) is 3.66. The van der Waals surface area contributed by atoms with Gasteiger partial charge >= 0.3 is 0 Å². The molecule has 17 heavy (non-hydrogen) atoms. The fraction of sp³-hybridized carbons (Fsp3) is 0.583. The molecule has 0 amide bonds. The van der Waals surface area contributed by atoms with Gasteiger partial charge in [0.15, 0.2) is 0 Å². The highest BCUT2D eigenvalue weighted by Crippen LogP contribution is 2.22. The van der Waals surface area contributed by atoms with Crippen molar-refractivity contribution in [3.63, 3.8) is 0 Å². The molecule has 0 fully saturated rings. The van der Waals surface area contributed by atoms with Crippen LogP contribution < -0.4 is 0 Å². The van der Waals surface area contributed by atoms with Gasteiger partial charge in [0.25, 0.3) is 0 Å². The summed E-state index contributed by atoms with van der Waals surface area (Å²) in [6.45, 7) is 11.0. The quantitative estimate of drug-likeness (QED) is 0.783. The maximum absolute atomic E-state index is 9.03. The molecule has 0 aromatic carbocycles. The second-order valence-corrected chi connectivity index (χ2v) is 4.70. The Morgan fingerprint density at radius 3 is 2.82 bits per heavy atom. The van der Waals surface area contributed by atoms with Crippen molar-refractivity contribution in [2.45, 2.75) is 26.9 Å². The minimum Gasteiger partial charge on any atom is -0.395 e. The SMILES string of the molecule is C=CCN(CCO)Cc1c(Br)c(C)nn1CC. The van der Waals surface area contributed by atoms with Crippen molar-refractivity contribution in [3.8, 4) is 0 Å². The monoisotopic (exact) mass is 301 g/mol. The van der Waals surface area contributed by atoms with Crippen molar-refractivity contribution < 1.29 is 5.11 Å². The molecule has 0 unspecified atom stereocenters. The topological polar surface area (TPSA) is 41.3 Å². The summed E-state index contributed by atoms with van der Waals surface area (Å²) in [6, 6.07) is 0. The van der Waals surface area contributed by atoms with E-state index in [4.69, 9.17) is 5.11 Å². The standard InChI is InChI=1S/C12H20BrN3O/c1-4-6-15(7-8-17)9-11-12(13)10(3)14-16(11)5-2/h4,17H,1,5-9H2,2-3H3. The third-order valence-corrected chi connectivity index (χ3v) is 3.66. The maximum Gasteiger partial charge on any atom is 0.0739 e. The van der Waals surface area contributed by atoms with E-state index in [2.05, 4.69) is 39.4 Å². The Balaban J connectivity index is 2.87. The Bertz CT molecular complexity index is 376. The van der Waals surface area contributed by atoms with Crippen LogP contribution in [0.1, 0.15) is 18.3 Å². The fourth-order valence-corrected chi connectivity index (χ4v) is 2.20. The molecule has 96 valence electrons. The van der Waals surface area contributed by atoms with E-state index < -0.39 is 0 Å². The van der Waals surface area contributed by atoms with Crippen LogP contribution in [0.15, 0.2) is 17.1 Å². The predicted octanol–water partition coefficient (Wildman–Crippen LogP) is 1.95. The van der Waals surface area contributed by atoms with Gasteiger partial charge in [0.05, 0.1) is 22.5 Å². The summed E-state index contributed by atoms with van der Waals surface area (Å²) in [6.07, 6.45) is 1.85. The maximum atomic E-state index is 9.03. The molecule has 0 radical (unpaired) electrons. The van der Waals surface area contributed by atoms with Crippen LogP contribution >= 0.6 is 15.9 Å². The molecule has 4 nitrogen and oxygen atoms in total. The first kappa shape index (κ1) is 14.4. The molecular formula is C12H20BrN3O. The molecule has 0 atom stereocenters. The molecule has 0 aliphatic heterocycles. The van der Waals surface area contributed by atoms with Crippen molar-refractivity contribution >= 4 is 15.9 Å². The number of hydrogen-bond acceptors (Lipinski definition) is 3. The zero-order valence-electron chi connectivity index (χ0n) is 10.5. The van der Waals surface area contributed by atoms with Crippen molar-refractivity contribution in [1.29, 1.82) is 0 Å². The zero-order chi connectivity index (χ0) is 12.8. The lowest BCUT2D eigenvalue weighted by molar-refractivity contribution is 0.200. The number of aliphatic hydroxyl groups is 1. The Hall–Kier alpha value is -0.650. The molecule has 1 aromatic heterocycles. The number of aromatic nitrogens is 2. The second-order valence-electron chi connectivity index (χ2n) is 3.91. The van der Waals surface area contributed by atoms with Gasteiger partial charge in [-0.3, -0.25) is 9.58 Å². The molecule has 1 N–H and O–H groups in total. The summed E-state index contributed by atoms with van der Waals surface area (Å²) in [7, 11) is 0. The van der Waals surface area contributed by atoms with Gasteiger partial charge in [-0.25, -0.2) is 0 Å². The highest BCUT2D eigenvalue weighted by Gasteiger charge is 2.14. The van der Waals surface area contributed by atoms with Crippen LogP contribution in [0.25, 0.3) is 0 Å². The molecule has 1 rings (SSSR count).